The molecule has 1 aliphatic rings. The van der Waals surface area contributed by atoms with E-state index in [1.54, 1.807) is 4.90 Å². The Morgan fingerprint density at radius 2 is 1.86 bits per heavy atom. The summed E-state index contributed by atoms with van der Waals surface area (Å²) >= 11 is 0. The van der Waals surface area contributed by atoms with Crippen LogP contribution >= 0.6 is 0 Å². The van der Waals surface area contributed by atoms with Crippen molar-refractivity contribution >= 4 is 0 Å². The molecule has 0 aromatic rings. The molecule has 1 saturated heterocycles. The second-order valence-electron chi connectivity index (χ2n) is 2.21. The van der Waals surface area contributed by atoms with Crippen molar-refractivity contribution in [2.24, 2.45) is 0 Å². The SMILES string of the molecule is C[NH+]1CCNCC1. The lowest BCUT2D eigenvalue weighted by Crippen LogP contribution is -3.12. The monoisotopic (exact) mass is 101 g/mol. The molecule has 0 aromatic carbocycles. The van der Waals surface area contributed by atoms with Crippen LogP contribution in [-0.2, 0) is 0 Å². The third kappa shape index (κ3) is 1.45. The summed E-state index contributed by atoms with van der Waals surface area (Å²) in [5.74, 6) is 0. The molecule has 0 aromatic heterocycles. The molecule has 1 fully saturated rings. The first-order chi connectivity index (χ1) is 3.39. The van der Waals surface area contributed by atoms with E-state index >= 15 is 0 Å². The fraction of sp³-hybridized carbons (Fsp3) is 1.00. The number of rotatable bonds is 0. The van der Waals surface area contributed by atoms with Gasteiger partial charge in [-0.25, -0.2) is 0 Å². The third-order valence-electron chi connectivity index (χ3n) is 1.46. The summed E-state index contributed by atoms with van der Waals surface area (Å²) < 4.78 is 0. The van der Waals surface area contributed by atoms with Gasteiger partial charge in [0.25, 0.3) is 0 Å². The Bertz CT molecular complexity index is 48.0. The first kappa shape index (κ1) is 5.06. The van der Waals surface area contributed by atoms with Crippen LogP contribution in [0.3, 0.4) is 0 Å². The minimum Gasteiger partial charge on any atom is -0.335 e. The molecule has 7 heavy (non-hydrogen) atoms. The predicted octanol–water partition coefficient (Wildman–Crippen LogP) is -1.90. The van der Waals surface area contributed by atoms with Crippen molar-refractivity contribution in [3.05, 3.63) is 0 Å². The van der Waals surface area contributed by atoms with Crippen LogP contribution in [-0.4, -0.2) is 33.2 Å². The average Bonchev–Trinajstić information content (AvgIpc) is 1.69. The average molecular weight is 101 g/mol. The van der Waals surface area contributed by atoms with Gasteiger partial charge in [0.05, 0.1) is 20.1 Å². The molecule has 0 radical (unpaired) electrons. The third-order valence-corrected chi connectivity index (χ3v) is 1.46. The molecule has 0 atom stereocenters. The van der Waals surface area contributed by atoms with Crippen LogP contribution < -0.4 is 10.2 Å². The second kappa shape index (κ2) is 2.28. The van der Waals surface area contributed by atoms with Crippen LogP contribution in [0.5, 0.6) is 0 Å². The number of quaternary nitrogens is 1. The molecule has 0 spiro atoms. The number of hydrogen-bond acceptors (Lipinski definition) is 1. The summed E-state index contributed by atoms with van der Waals surface area (Å²) in [7, 11) is 2.24. The van der Waals surface area contributed by atoms with E-state index in [1.807, 2.05) is 0 Å². The molecule has 1 aliphatic heterocycles. The first-order valence-corrected chi connectivity index (χ1v) is 2.91. The van der Waals surface area contributed by atoms with Gasteiger partial charge in [0.2, 0.25) is 0 Å². The Hall–Kier alpha value is -0.0800. The van der Waals surface area contributed by atoms with Gasteiger partial charge in [0.15, 0.2) is 0 Å². The predicted molar refractivity (Wildman–Crippen MR) is 29.5 cm³/mol. The van der Waals surface area contributed by atoms with Gasteiger partial charge in [-0.1, -0.05) is 0 Å². The second-order valence-corrected chi connectivity index (χ2v) is 2.21. The summed E-state index contributed by atoms with van der Waals surface area (Å²) in [5, 5.41) is 3.29. The molecule has 0 aliphatic carbocycles. The minimum absolute atomic E-state index is 1.20. The number of hydrogen-bond donors (Lipinski definition) is 2. The van der Waals surface area contributed by atoms with E-state index in [1.165, 1.54) is 26.2 Å². The van der Waals surface area contributed by atoms with E-state index < -0.39 is 0 Å². The summed E-state index contributed by atoms with van der Waals surface area (Å²) in [6.45, 7) is 4.98. The van der Waals surface area contributed by atoms with Crippen molar-refractivity contribution < 1.29 is 4.90 Å². The number of nitrogens with one attached hydrogen (secondary N) is 2. The minimum atomic E-state index is 1.20. The van der Waals surface area contributed by atoms with E-state index in [9.17, 15) is 0 Å². The maximum Gasteiger partial charge on any atom is 0.0896 e. The standard InChI is InChI=1S/C5H12N2/c1-7-4-2-6-3-5-7/h6H,2-5H2,1H3/p+1. The Kier molecular flexibility index (Phi) is 1.65. The highest BCUT2D eigenvalue weighted by Crippen LogP contribution is 1.58. The number of likely N-dealkylation sites (N-methyl/N-ethyl adjacent to an activating group) is 1. The van der Waals surface area contributed by atoms with E-state index in [0.717, 1.165) is 0 Å². The lowest BCUT2D eigenvalue weighted by atomic mass is 10.4. The molecular weight excluding hydrogens is 88.1 g/mol. The highest BCUT2D eigenvalue weighted by atomic mass is 15.2. The molecule has 0 saturated carbocycles. The Morgan fingerprint density at radius 3 is 2.14 bits per heavy atom. The highest BCUT2D eigenvalue weighted by molar-refractivity contribution is 4.47. The number of piperazine rings is 1. The fourth-order valence-electron chi connectivity index (χ4n) is 0.854. The molecule has 2 nitrogen and oxygen atoms in total. The van der Waals surface area contributed by atoms with Gasteiger partial charge in [-0.15, -0.1) is 0 Å². The molecule has 1 rings (SSSR count). The van der Waals surface area contributed by atoms with E-state index in [4.69, 9.17) is 0 Å². The summed E-state index contributed by atoms with van der Waals surface area (Å²) in [4.78, 5) is 1.65. The largest absolute Gasteiger partial charge is 0.335 e. The lowest BCUT2D eigenvalue weighted by Gasteiger charge is -2.19. The zero-order valence-electron chi connectivity index (χ0n) is 4.83. The van der Waals surface area contributed by atoms with Crippen LogP contribution in [0.1, 0.15) is 0 Å². The molecule has 1 heterocycles. The van der Waals surface area contributed by atoms with Crippen molar-refractivity contribution in [3.8, 4) is 0 Å². The van der Waals surface area contributed by atoms with Crippen LogP contribution in [0.15, 0.2) is 0 Å². The quantitative estimate of drug-likeness (QED) is 0.364. The van der Waals surface area contributed by atoms with Gasteiger partial charge < -0.3 is 10.2 Å². The van der Waals surface area contributed by atoms with Gasteiger partial charge in [0.1, 0.15) is 0 Å². The van der Waals surface area contributed by atoms with Crippen LogP contribution in [0.4, 0.5) is 0 Å². The zero-order chi connectivity index (χ0) is 5.11. The van der Waals surface area contributed by atoms with Crippen LogP contribution in [0.25, 0.3) is 0 Å². The smallest absolute Gasteiger partial charge is 0.0896 e. The van der Waals surface area contributed by atoms with E-state index in [-0.39, 0.29) is 0 Å². The Morgan fingerprint density at radius 1 is 1.29 bits per heavy atom. The highest BCUT2D eigenvalue weighted by Gasteiger charge is 2.04. The van der Waals surface area contributed by atoms with Crippen LogP contribution in [0, 0.1) is 0 Å². The zero-order valence-corrected chi connectivity index (χ0v) is 4.83. The van der Waals surface area contributed by atoms with E-state index in [0.29, 0.717) is 0 Å². The molecule has 2 N–H and O–H groups in total. The van der Waals surface area contributed by atoms with Gasteiger partial charge >= 0.3 is 0 Å². The van der Waals surface area contributed by atoms with Gasteiger partial charge in [-0.3, -0.25) is 0 Å². The molecule has 2 heteroatoms. The molecule has 0 amide bonds. The molecule has 0 unspecified atom stereocenters. The first-order valence-electron chi connectivity index (χ1n) is 2.91. The Balaban J connectivity index is 2.12. The van der Waals surface area contributed by atoms with Crippen molar-refractivity contribution in [2.45, 2.75) is 0 Å². The summed E-state index contributed by atoms with van der Waals surface area (Å²) in [6.07, 6.45) is 0. The summed E-state index contributed by atoms with van der Waals surface area (Å²) in [6, 6.07) is 0. The van der Waals surface area contributed by atoms with Crippen LogP contribution in [0.2, 0.25) is 0 Å². The molecule has 42 valence electrons. The van der Waals surface area contributed by atoms with Crippen molar-refractivity contribution in [2.75, 3.05) is 33.2 Å². The van der Waals surface area contributed by atoms with Gasteiger partial charge in [0, 0.05) is 13.1 Å². The fourth-order valence-corrected chi connectivity index (χ4v) is 0.854. The molecule has 0 bridgehead atoms. The van der Waals surface area contributed by atoms with Crippen molar-refractivity contribution in [1.82, 2.24) is 5.32 Å². The van der Waals surface area contributed by atoms with Gasteiger partial charge in [-0.05, 0) is 0 Å². The van der Waals surface area contributed by atoms with E-state index in [2.05, 4.69) is 12.4 Å². The maximum absolute atomic E-state index is 3.29. The Labute approximate surface area is 44.5 Å². The van der Waals surface area contributed by atoms with Crippen molar-refractivity contribution in [3.63, 3.8) is 0 Å². The van der Waals surface area contributed by atoms with Gasteiger partial charge in [-0.2, -0.15) is 0 Å². The summed E-state index contributed by atoms with van der Waals surface area (Å²) in [5.41, 5.74) is 0. The maximum atomic E-state index is 3.29. The molecular formula is C5H13N2+. The normalized spacial score (nSPS) is 25.3. The lowest BCUT2D eigenvalue weighted by molar-refractivity contribution is -0.881. The topological polar surface area (TPSA) is 16.5 Å². The van der Waals surface area contributed by atoms with Crippen molar-refractivity contribution in [1.29, 1.82) is 0 Å².